The van der Waals surface area contributed by atoms with Crippen molar-refractivity contribution in [2.45, 2.75) is 46.1 Å². The van der Waals surface area contributed by atoms with Gasteiger partial charge >= 0.3 is 0 Å². The number of rotatable bonds is 3. The number of piperidine rings is 1. The fourth-order valence-corrected chi connectivity index (χ4v) is 2.54. The minimum atomic E-state index is 0.0959. The van der Waals surface area contributed by atoms with Gasteiger partial charge in [-0.1, -0.05) is 20.8 Å². The summed E-state index contributed by atoms with van der Waals surface area (Å²) in [5, 5.41) is 9.37. The van der Waals surface area contributed by atoms with Gasteiger partial charge in [0.25, 0.3) is 0 Å². The smallest absolute Gasteiger partial charge is 0.129 e. The number of nitrogens with zero attached hydrogens (tertiary/aromatic N) is 2. The van der Waals surface area contributed by atoms with Gasteiger partial charge in [0.1, 0.15) is 5.82 Å². The minimum Gasteiger partial charge on any atom is -0.392 e. The largest absolute Gasteiger partial charge is 0.392 e. The van der Waals surface area contributed by atoms with E-state index in [2.05, 4.69) is 25.7 Å². The molecule has 0 bridgehead atoms. The summed E-state index contributed by atoms with van der Waals surface area (Å²) in [6.07, 6.45) is 2.55. The lowest BCUT2D eigenvalue weighted by molar-refractivity contribution is 0.281. The molecule has 0 amide bonds. The summed E-state index contributed by atoms with van der Waals surface area (Å²) < 4.78 is 0. The number of hydrogen-bond acceptors (Lipinski definition) is 3. The third-order valence-electron chi connectivity index (χ3n) is 3.65. The van der Waals surface area contributed by atoms with Crippen molar-refractivity contribution < 1.29 is 5.11 Å². The monoisotopic (exact) mass is 248 g/mol. The second kappa shape index (κ2) is 5.70. The van der Waals surface area contributed by atoms with E-state index in [1.54, 1.807) is 0 Å². The van der Waals surface area contributed by atoms with Gasteiger partial charge in [-0.15, -0.1) is 0 Å². The van der Waals surface area contributed by atoms with Gasteiger partial charge in [-0.05, 0) is 42.4 Å². The van der Waals surface area contributed by atoms with Crippen LogP contribution in [0.2, 0.25) is 0 Å². The maximum Gasteiger partial charge on any atom is 0.129 e. The summed E-state index contributed by atoms with van der Waals surface area (Å²) >= 11 is 0. The van der Waals surface area contributed by atoms with E-state index in [1.165, 1.54) is 12.8 Å². The molecule has 3 nitrogen and oxygen atoms in total. The average Bonchev–Trinajstić information content (AvgIpc) is 2.38. The van der Waals surface area contributed by atoms with Crippen LogP contribution in [0.15, 0.2) is 12.1 Å². The molecule has 0 spiro atoms. The first-order valence-electron chi connectivity index (χ1n) is 6.96. The molecule has 1 aliphatic heterocycles. The lowest BCUT2D eigenvalue weighted by Gasteiger charge is -2.32. The first kappa shape index (κ1) is 13.3. The lowest BCUT2D eigenvalue weighted by Crippen LogP contribution is -2.35. The second-order valence-corrected chi connectivity index (χ2v) is 5.76. The SMILES string of the molecule is CC1CCCN(c2cc(CO)cc(C(C)C)n2)C1. The first-order valence-corrected chi connectivity index (χ1v) is 6.96. The number of anilines is 1. The average molecular weight is 248 g/mol. The Bertz CT molecular complexity index is 403. The van der Waals surface area contributed by atoms with Crippen LogP contribution in [0, 0.1) is 5.92 Å². The number of hydrogen-bond donors (Lipinski definition) is 1. The molecule has 1 aromatic heterocycles. The Kier molecular flexibility index (Phi) is 4.23. The third kappa shape index (κ3) is 3.02. The summed E-state index contributed by atoms with van der Waals surface area (Å²) in [4.78, 5) is 7.11. The number of pyridine rings is 1. The molecule has 2 heterocycles. The Hall–Kier alpha value is -1.09. The topological polar surface area (TPSA) is 36.4 Å². The van der Waals surface area contributed by atoms with E-state index in [4.69, 9.17) is 4.98 Å². The standard InChI is InChI=1S/C15H24N2O/c1-11(2)14-7-13(10-18)8-15(16-14)17-6-4-5-12(3)9-17/h7-8,11-12,18H,4-6,9-10H2,1-3H3. The molecule has 0 aromatic carbocycles. The highest BCUT2D eigenvalue weighted by Crippen LogP contribution is 2.24. The highest BCUT2D eigenvalue weighted by atomic mass is 16.3. The van der Waals surface area contributed by atoms with Gasteiger partial charge in [0, 0.05) is 18.8 Å². The summed E-state index contributed by atoms with van der Waals surface area (Å²) in [7, 11) is 0. The van der Waals surface area contributed by atoms with E-state index < -0.39 is 0 Å². The van der Waals surface area contributed by atoms with Crippen molar-refractivity contribution in [1.82, 2.24) is 4.98 Å². The van der Waals surface area contributed by atoms with Crippen LogP contribution in [0.4, 0.5) is 5.82 Å². The fourth-order valence-electron chi connectivity index (χ4n) is 2.54. The summed E-state index contributed by atoms with van der Waals surface area (Å²) in [6, 6.07) is 4.05. The van der Waals surface area contributed by atoms with Gasteiger partial charge < -0.3 is 10.0 Å². The van der Waals surface area contributed by atoms with Gasteiger partial charge in [-0.3, -0.25) is 0 Å². The normalized spacial score (nSPS) is 20.5. The van der Waals surface area contributed by atoms with Crippen LogP contribution in [-0.4, -0.2) is 23.2 Å². The van der Waals surface area contributed by atoms with E-state index in [-0.39, 0.29) is 6.61 Å². The van der Waals surface area contributed by atoms with Crippen LogP contribution in [0.3, 0.4) is 0 Å². The predicted octanol–water partition coefficient (Wildman–Crippen LogP) is 2.93. The number of aliphatic hydroxyl groups is 1. The maximum atomic E-state index is 9.37. The Morgan fingerprint density at radius 2 is 2.22 bits per heavy atom. The van der Waals surface area contributed by atoms with Crippen molar-refractivity contribution in [3.05, 3.63) is 23.4 Å². The molecule has 1 N–H and O–H groups in total. The maximum absolute atomic E-state index is 9.37. The summed E-state index contributed by atoms with van der Waals surface area (Å²) in [5.74, 6) is 2.18. The minimum absolute atomic E-state index is 0.0959. The molecule has 1 fully saturated rings. The molecule has 2 rings (SSSR count). The third-order valence-corrected chi connectivity index (χ3v) is 3.65. The molecular weight excluding hydrogens is 224 g/mol. The molecule has 3 heteroatoms. The number of aliphatic hydroxyl groups excluding tert-OH is 1. The highest BCUT2D eigenvalue weighted by Gasteiger charge is 2.18. The van der Waals surface area contributed by atoms with E-state index in [0.717, 1.165) is 36.1 Å². The van der Waals surface area contributed by atoms with Crippen LogP contribution in [0.5, 0.6) is 0 Å². The van der Waals surface area contributed by atoms with Crippen LogP contribution < -0.4 is 4.90 Å². The van der Waals surface area contributed by atoms with Crippen molar-refractivity contribution in [2.24, 2.45) is 5.92 Å². The Balaban J connectivity index is 2.28. The Morgan fingerprint density at radius 3 is 2.83 bits per heavy atom. The molecule has 0 radical (unpaired) electrons. The highest BCUT2D eigenvalue weighted by molar-refractivity contribution is 5.43. The van der Waals surface area contributed by atoms with Crippen molar-refractivity contribution in [3.8, 4) is 0 Å². The fraction of sp³-hybridized carbons (Fsp3) is 0.667. The van der Waals surface area contributed by atoms with E-state index in [9.17, 15) is 5.11 Å². The van der Waals surface area contributed by atoms with Gasteiger partial charge in [0.05, 0.1) is 6.61 Å². The second-order valence-electron chi connectivity index (χ2n) is 5.76. The summed E-state index contributed by atoms with van der Waals surface area (Å²) in [5.41, 5.74) is 2.05. The van der Waals surface area contributed by atoms with Gasteiger partial charge in [0.2, 0.25) is 0 Å². The Labute approximate surface area is 110 Å². The van der Waals surface area contributed by atoms with Crippen LogP contribution in [0.1, 0.15) is 50.8 Å². The van der Waals surface area contributed by atoms with Crippen molar-refractivity contribution in [3.63, 3.8) is 0 Å². The van der Waals surface area contributed by atoms with Crippen molar-refractivity contribution in [2.75, 3.05) is 18.0 Å². The van der Waals surface area contributed by atoms with Gasteiger partial charge in [-0.25, -0.2) is 4.98 Å². The van der Waals surface area contributed by atoms with Crippen molar-refractivity contribution >= 4 is 5.82 Å². The molecule has 1 saturated heterocycles. The lowest BCUT2D eigenvalue weighted by atomic mass is 10.00. The van der Waals surface area contributed by atoms with E-state index >= 15 is 0 Å². The molecule has 0 aliphatic carbocycles. The van der Waals surface area contributed by atoms with E-state index in [1.807, 2.05) is 12.1 Å². The zero-order valence-corrected chi connectivity index (χ0v) is 11.7. The molecule has 1 atom stereocenters. The van der Waals surface area contributed by atoms with Crippen molar-refractivity contribution in [1.29, 1.82) is 0 Å². The molecule has 1 aliphatic rings. The zero-order valence-electron chi connectivity index (χ0n) is 11.7. The quantitative estimate of drug-likeness (QED) is 0.893. The molecule has 18 heavy (non-hydrogen) atoms. The molecular formula is C15H24N2O. The summed E-state index contributed by atoms with van der Waals surface area (Å²) in [6.45, 7) is 8.85. The van der Waals surface area contributed by atoms with Crippen LogP contribution in [0.25, 0.3) is 0 Å². The van der Waals surface area contributed by atoms with Gasteiger partial charge in [-0.2, -0.15) is 0 Å². The number of aromatic nitrogens is 1. The molecule has 0 saturated carbocycles. The van der Waals surface area contributed by atoms with Crippen LogP contribution in [-0.2, 0) is 6.61 Å². The van der Waals surface area contributed by atoms with Gasteiger partial charge in [0.15, 0.2) is 0 Å². The zero-order chi connectivity index (χ0) is 13.1. The van der Waals surface area contributed by atoms with E-state index in [0.29, 0.717) is 5.92 Å². The molecule has 100 valence electrons. The molecule has 1 unspecified atom stereocenters. The Morgan fingerprint density at radius 1 is 1.44 bits per heavy atom. The van der Waals surface area contributed by atoms with Crippen LogP contribution >= 0.6 is 0 Å². The molecule has 1 aromatic rings. The predicted molar refractivity (Wildman–Crippen MR) is 74.9 cm³/mol. The first-order chi connectivity index (χ1) is 8.60.